The highest BCUT2D eigenvalue weighted by Gasteiger charge is 2.12. The SMILES string of the molecule is C=CC.Fc1ccc(-n2c3ccccc3c3cc(Nc4ccccc4)ccc32)cc1. The maximum atomic E-state index is 13.4. The number of nitrogens with one attached hydrogen (secondary N) is 1. The molecule has 0 aliphatic rings. The minimum Gasteiger partial charge on any atom is -0.356 e. The molecule has 1 heterocycles. The Labute approximate surface area is 175 Å². The van der Waals surface area contributed by atoms with Crippen LogP contribution in [-0.2, 0) is 0 Å². The highest BCUT2D eigenvalue weighted by atomic mass is 19.1. The molecule has 5 aromatic rings. The fourth-order valence-corrected chi connectivity index (χ4v) is 3.61. The highest BCUT2D eigenvalue weighted by Crippen LogP contribution is 2.34. The number of anilines is 2. The molecule has 0 spiro atoms. The van der Waals surface area contributed by atoms with E-state index in [-0.39, 0.29) is 5.82 Å². The molecule has 0 radical (unpaired) electrons. The van der Waals surface area contributed by atoms with E-state index in [1.165, 1.54) is 17.5 Å². The lowest BCUT2D eigenvalue weighted by Crippen LogP contribution is -1.94. The molecule has 1 N–H and O–H groups in total. The van der Waals surface area contributed by atoms with Gasteiger partial charge in [0.25, 0.3) is 0 Å². The first-order valence-electron chi connectivity index (χ1n) is 9.89. The number of hydrogen-bond donors (Lipinski definition) is 1. The van der Waals surface area contributed by atoms with Gasteiger partial charge in [-0.1, -0.05) is 42.5 Å². The van der Waals surface area contributed by atoms with E-state index >= 15 is 0 Å². The molecule has 0 amide bonds. The first-order chi connectivity index (χ1) is 14.7. The summed E-state index contributed by atoms with van der Waals surface area (Å²) in [6.45, 7) is 5.25. The predicted octanol–water partition coefficient (Wildman–Crippen LogP) is 7.86. The van der Waals surface area contributed by atoms with Crippen molar-refractivity contribution in [2.45, 2.75) is 6.92 Å². The number of rotatable bonds is 3. The molecule has 30 heavy (non-hydrogen) atoms. The number of fused-ring (bicyclic) bond motifs is 3. The van der Waals surface area contributed by atoms with Crippen molar-refractivity contribution in [2.24, 2.45) is 0 Å². The molecule has 0 fully saturated rings. The molecule has 1 aromatic heterocycles. The third-order valence-corrected chi connectivity index (χ3v) is 4.82. The molecule has 0 saturated heterocycles. The Morgan fingerprint density at radius 2 is 1.37 bits per heavy atom. The maximum absolute atomic E-state index is 13.4. The van der Waals surface area contributed by atoms with E-state index in [1.807, 2.05) is 61.5 Å². The normalized spacial score (nSPS) is 10.5. The molecule has 5 rings (SSSR count). The smallest absolute Gasteiger partial charge is 0.123 e. The van der Waals surface area contributed by atoms with Gasteiger partial charge in [0.15, 0.2) is 0 Å². The number of para-hydroxylation sites is 2. The zero-order chi connectivity index (χ0) is 20.9. The topological polar surface area (TPSA) is 17.0 Å². The van der Waals surface area contributed by atoms with Gasteiger partial charge in [0, 0.05) is 27.8 Å². The monoisotopic (exact) mass is 394 g/mol. The van der Waals surface area contributed by atoms with E-state index in [0.29, 0.717) is 0 Å². The van der Waals surface area contributed by atoms with Crippen LogP contribution < -0.4 is 5.32 Å². The molecule has 0 saturated carbocycles. The number of allylic oxidation sites excluding steroid dienone is 1. The molecule has 0 aliphatic heterocycles. The lowest BCUT2D eigenvalue weighted by molar-refractivity contribution is 0.627. The molecule has 2 nitrogen and oxygen atoms in total. The van der Waals surface area contributed by atoms with Crippen molar-refractivity contribution >= 4 is 33.2 Å². The van der Waals surface area contributed by atoms with Crippen LogP contribution in [0.1, 0.15) is 6.92 Å². The lowest BCUT2D eigenvalue weighted by Gasteiger charge is -2.09. The van der Waals surface area contributed by atoms with Crippen LogP contribution in [0.2, 0.25) is 0 Å². The Bertz CT molecular complexity index is 1290. The van der Waals surface area contributed by atoms with Gasteiger partial charge in [-0.05, 0) is 67.6 Å². The van der Waals surface area contributed by atoms with Gasteiger partial charge >= 0.3 is 0 Å². The van der Waals surface area contributed by atoms with Gasteiger partial charge in [-0.25, -0.2) is 4.39 Å². The summed E-state index contributed by atoms with van der Waals surface area (Å²) in [6, 6.07) is 31.4. The van der Waals surface area contributed by atoms with Crippen molar-refractivity contribution < 1.29 is 4.39 Å². The van der Waals surface area contributed by atoms with Crippen LogP contribution >= 0.6 is 0 Å². The zero-order valence-electron chi connectivity index (χ0n) is 16.8. The lowest BCUT2D eigenvalue weighted by atomic mass is 10.1. The van der Waals surface area contributed by atoms with Crippen molar-refractivity contribution in [3.8, 4) is 5.69 Å². The average molecular weight is 394 g/mol. The van der Waals surface area contributed by atoms with E-state index in [1.54, 1.807) is 6.08 Å². The number of halogens is 1. The second kappa shape index (κ2) is 8.66. The molecule has 4 aromatic carbocycles. The molecule has 148 valence electrons. The van der Waals surface area contributed by atoms with Gasteiger partial charge < -0.3 is 9.88 Å². The van der Waals surface area contributed by atoms with Gasteiger partial charge in [0.1, 0.15) is 5.82 Å². The maximum Gasteiger partial charge on any atom is 0.123 e. The Morgan fingerprint density at radius 1 is 0.733 bits per heavy atom. The van der Waals surface area contributed by atoms with Gasteiger partial charge in [-0.15, -0.1) is 6.58 Å². The van der Waals surface area contributed by atoms with Crippen LogP contribution in [0.5, 0.6) is 0 Å². The molecule has 3 heteroatoms. The summed E-state index contributed by atoms with van der Waals surface area (Å²) in [5.41, 5.74) is 5.25. The quantitative estimate of drug-likeness (QED) is 0.308. The minimum atomic E-state index is -0.228. The summed E-state index contributed by atoms with van der Waals surface area (Å²) in [5.74, 6) is -0.228. The Hall–Kier alpha value is -3.85. The second-order valence-electron chi connectivity index (χ2n) is 6.96. The van der Waals surface area contributed by atoms with Crippen LogP contribution in [-0.4, -0.2) is 4.57 Å². The van der Waals surface area contributed by atoms with E-state index in [0.717, 1.165) is 33.5 Å². The Morgan fingerprint density at radius 3 is 2.10 bits per heavy atom. The fraction of sp³-hybridized carbons (Fsp3) is 0.0370. The van der Waals surface area contributed by atoms with E-state index < -0.39 is 0 Å². The third-order valence-electron chi connectivity index (χ3n) is 4.82. The van der Waals surface area contributed by atoms with Gasteiger partial charge in [-0.3, -0.25) is 0 Å². The van der Waals surface area contributed by atoms with Crippen LogP contribution in [0.25, 0.3) is 27.5 Å². The van der Waals surface area contributed by atoms with Crippen LogP contribution in [0.3, 0.4) is 0 Å². The van der Waals surface area contributed by atoms with Gasteiger partial charge in [0.2, 0.25) is 0 Å². The number of nitrogens with zero attached hydrogens (tertiary/aromatic N) is 1. The summed E-state index contributed by atoms with van der Waals surface area (Å²) in [5, 5.41) is 5.80. The zero-order valence-corrected chi connectivity index (χ0v) is 16.8. The van der Waals surface area contributed by atoms with E-state index in [2.05, 4.69) is 46.8 Å². The van der Waals surface area contributed by atoms with Crippen LogP contribution in [0.4, 0.5) is 15.8 Å². The number of hydrogen-bond acceptors (Lipinski definition) is 1. The van der Waals surface area contributed by atoms with Crippen molar-refractivity contribution in [1.29, 1.82) is 0 Å². The summed E-state index contributed by atoms with van der Waals surface area (Å²) in [4.78, 5) is 0. The third kappa shape index (κ3) is 3.83. The van der Waals surface area contributed by atoms with Gasteiger partial charge in [-0.2, -0.15) is 0 Å². The molecule has 0 bridgehead atoms. The summed E-state index contributed by atoms with van der Waals surface area (Å²) >= 11 is 0. The first-order valence-corrected chi connectivity index (χ1v) is 9.89. The van der Waals surface area contributed by atoms with E-state index in [4.69, 9.17) is 0 Å². The molecule has 0 atom stereocenters. The predicted molar refractivity (Wildman–Crippen MR) is 126 cm³/mol. The second-order valence-corrected chi connectivity index (χ2v) is 6.96. The summed E-state index contributed by atoms with van der Waals surface area (Å²) < 4.78 is 15.6. The van der Waals surface area contributed by atoms with Crippen molar-refractivity contribution in [1.82, 2.24) is 4.57 Å². The fourth-order valence-electron chi connectivity index (χ4n) is 3.61. The van der Waals surface area contributed by atoms with E-state index in [9.17, 15) is 4.39 Å². The van der Waals surface area contributed by atoms with Crippen LogP contribution in [0, 0.1) is 5.82 Å². The Balaban J connectivity index is 0.000000687. The van der Waals surface area contributed by atoms with Crippen molar-refractivity contribution in [3.05, 3.63) is 116 Å². The van der Waals surface area contributed by atoms with Crippen LogP contribution in [0.15, 0.2) is 110 Å². The number of aromatic nitrogens is 1. The summed E-state index contributed by atoms with van der Waals surface area (Å²) in [6.07, 6.45) is 1.75. The Kier molecular flexibility index (Phi) is 5.62. The molecule has 0 unspecified atom stereocenters. The first kappa shape index (κ1) is 19.5. The number of benzene rings is 4. The molecule has 0 aliphatic carbocycles. The standard InChI is InChI=1S/C24H17FN2.C3H6/c25-17-10-13-20(14-11-17)27-23-9-5-4-8-21(23)22-16-19(12-15-24(22)27)26-18-6-2-1-3-7-18;1-3-2/h1-16,26H;3H,1H2,2H3. The summed E-state index contributed by atoms with van der Waals surface area (Å²) in [7, 11) is 0. The average Bonchev–Trinajstić information content (AvgIpc) is 3.10. The molecular weight excluding hydrogens is 371 g/mol. The van der Waals surface area contributed by atoms with Crippen molar-refractivity contribution in [3.63, 3.8) is 0 Å². The van der Waals surface area contributed by atoms with Crippen molar-refractivity contribution in [2.75, 3.05) is 5.32 Å². The molecular formula is C27H23FN2. The largest absolute Gasteiger partial charge is 0.356 e. The minimum absolute atomic E-state index is 0.228. The highest BCUT2D eigenvalue weighted by molar-refractivity contribution is 6.10. The van der Waals surface area contributed by atoms with Gasteiger partial charge in [0.05, 0.1) is 11.0 Å².